The molecule has 0 saturated carbocycles. The molecule has 2 aromatic carbocycles. The Bertz CT molecular complexity index is 1050. The number of primary amides is 1. The van der Waals surface area contributed by atoms with E-state index in [4.69, 9.17) is 5.73 Å². The number of rotatable bonds is 4. The summed E-state index contributed by atoms with van der Waals surface area (Å²) >= 11 is 0. The van der Waals surface area contributed by atoms with Crippen molar-refractivity contribution in [2.24, 2.45) is 12.8 Å². The van der Waals surface area contributed by atoms with Crippen LogP contribution in [0.3, 0.4) is 0 Å². The van der Waals surface area contributed by atoms with Crippen molar-refractivity contribution in [3.05, 3.63) is 76.2 Å². The molecule has 3 rings (SSSR count). The third kappa shape index (κ3) is 4.21. The summed E-state index contributed by atoms with van der Waals surface area (Å²) in [5, 5.41) is 4.30. The van der Waals surface area contributed by atoms with Gasteiger partial charge in [0.05, 0.1) is 17.0 Å². The first-order valence-corrected chi connectivity index (χ1v) is 8.34. The fraction of sp³-hybridized carbons (Fsp3) is 0.200. The van der Waals surface area contributed by atoms with Gasteiger partial charge in [0.15, 0.2) is 0 Å². The van der Waals surface area contributed by atoms with Crippen molar-refractivity contribution in [2.75, 3.05) is 0 Å². The Morgan fingerprint density at radius 3 is 2.46 bits per heavy atom. The van der Waals surface area contributed by atoms with Crippen molar-refractivity contribution in [1.29, 1.82) is 0 Å². The predicted octanol–water partition coefficient (Wildman–Crippen LogP) is 4.24. The standard InChI is InChI=1S/C20H17F4N3O/c1-11-3-13(8-14(4-11)19(25)28)18-10-17(26-27(18)2)7-12-5-15(20(22,23)24)9-16(21)6-12/h3-6,8-10H,7H2,1-2H3,(H2,25,28). The Kier molecular flexibility index (Phi) is 4.97. The number of carbonyl (C=O) groups is 1. The highest BCUT2D eigenvalue weighted by atomic mass is 19.4. The minimum atomic E-state index is -4.63. The second kappa shape index (κ2) is 7.10. The maximum atomic E-state index is 13.6. The molecule has 3 aromatic rings. The molecule has 1 amide bonds. The quantitative estimate of drug-likeness (QED) is 0.676. The van der Waals surface area contributed by atoms with E-state index in [0.717, 1.165) is 17.7 Å². The van der Waals surface area contributed by atoms with E-state index in [-0.39, 0.29) is 12.0 Å². The van der Waals surface area contributed by atoms with Gasteiger partial charge in [-0.3, -0.25) is 9.48 Å². The van der Waals surface area contributed by atoms with E-state index < -0.39 is 23.5 Å². The van der Waals surface area contributed by atoms with Gasteiger partial charge in [0, 0.05) is 24.6 Å². The number of amides is 1. The number of aryl methyl sites for hydroxylation is 2. The Morgan fingerprint density at radius 2 is 1.82 bits per heavy atom. The molecule has 146 valence electrons. The average molecular weight is 391 g/mol. The molecule has 0 unspecified atom stereocenters. The van der Waals surface area contributed by atoms with E-state index in [1.54, 1.807) is 29.9 Å². The smallest absolute Gasteiger partial charge is 0.366 e. The van der Waals surface area contributed by atoms with Crippen LogP contribution >= 0.6 is 0 Å². The monoisotopic (exact) mass is 391 g/mol. The van der Waals surface area contributed by atoms with Gasteiger partial charge >= 0.3 is 6.18 Å². The zero-order valence-electron chi connectivity index (χ0n) is 15.1. The highest BCUT2D eigenvalue weighted by molar-refractivity contribution is 5.94. The predicted molar refractivity (Wildman–Crippen MR) is 96.1 cm³/mol. The Balaban J connectivity index is 1.96. The van der Waals surface area contributed by atoms with E-state index in [1.165, 1.54) is 0 Å². The number of aromatic nitrogens is 2. The van der Waals surface area contributed by atoms with Crippen LogP contribution in [0.1, 0.15) is 32.7 Å². The number of halogens is 4. The minimum Gasteiger partial charge on any atom is -0.366 e. The fourth-order valence-electron chi connectivity index (χ4n) is 3.08. The van der Waals surface area contributed by atoms with Gasteiger partial charge in [-0.05, 0) is 60.5 Å². The van der Waals surface area contributed by atoms with E-state index in [9.17, 15) is 22.4 Å². The lowest BCUT2D eigenvalue weighted by molar-refractivity contribution is -0.137. The summed E-state index contributed by atoms with van der Waals surface area (Å²) in [6, 6.07) is 9.26. The average Bonchev–Trinajstić information content (AvgIpc) is 2.93. The topological polar surface area (TPSA) is 60.9 Å². The van der Waals surface area contributed by atoms with Gasteiger partial charge in [0.25, 0.3) is 0 Å². The van der Waals surface area contributed by atoms with Crippen molar-refractivity contribution in [3.63, 3.8) is 0 Å². The van der Waals surface area contributed by atoms with E-state index >= 15 is 0 Å². The summed E-state index contributed by atoms with van der Waals surface area (Å²) in [7, 11) is 1.68. The molecule has 0 radical (unpaired) electrons. The van der Waals surface area contributed by atoms with Gasteiger partial charge in [-0.15, -0.1) is 0 Å². The van der Waals surface area contributed by atoms with Crippen LogP contribution < -0.4 is 5.73 Å². The molecule has 4 nitrogen and oxygen atoms in total. The molecule has 0 aliphatic rings. The van der Waals surface area contributed by atoms with Crippen LogP contribution in [0.25, 0.3) is 11.3 Å². The van der Waals surface area contributed by atoms with Gasteiger partial charge < -0.3 is 5.73 Å². The Morgan fingerprint density at radius 1 is 1.11 bits per heavy atom. The van der Waals surface area contributed by atoms with Gasteiger partial charge in [-0.2, -0.15) is 18.3 Å². The van der Waals surface area contributed by atoms with Crippen LogP contribution in [0, 0.1) is 12.7 Å². The highest BCUT2D eigenvalue weighted by Gasteiger charge is 2.31. The van der Waals surface area contributed by atoms with E-state index in [2.05, 4.69) is 5.10 Å². The number of nitrogens with zero attached hydrogens (tertiary/aromatic N) is 2. The largest absolute Gasteiger partial charge is 0.416 e. The number of alkyl halides is 3. The maximum absolute atomic E-state index is 13.6. The molecule has 2 N–H and O–H groups in total. The number of hydrogen-bond donors (Lipinski definition) is 1. The zero-order valence-corrected chi connectivity index (χ0v) is 15.1. The molecule has 0 atom stereocenters. The number of benzene rings is 2. The van der Waals surface area contributed by atoms with E-state index in [0.29, 0.717) is 28.6 Å². The van der Waals surface area contributed by atoms with Crippen LogP contribution in [0.15, 0.2) is 42.5 Å². The molecule has 0 aliphatic heterocycles. The summed E-state index contributed by atoms with van der Waals surface area (Å²) in [4.78, 5) is 11.5. The molecule has 0 spiro atoms. The molecule has 28 heavy (non-hydrogen) atoms. The van der Waals surface area contributed by atoms with Crippen LogP contribution in [0.2, 0.25) is 0 Å². The van der Waals surface area contributed by atoms with Gasteiger partial charge in [-0.25, -0.2) is 4.39 Å². The van der Waals surface area contributed by atoms with Gasteiger partial charge in [-0.1, -0.05) is 0 Å². The minimum absolute atomic E-state index is 0.0309. The van der Waals surface area contributed by atoms with Crippen molar-refractivity contribution >= 4 is 5.91 Å². The van der Waals surface area contributed by atoms with Crippen molar-refractivity contribution < 1.29 is 22.4 Å². The first kappa shape index (κ1) is 19.6. The molecule has 1 heterocycles. The Labute approximate surface area is 158 Å². The second-order valence-corrected chi connectivity index (χ2v) is 6.62. The molecule has 0 aliphatic carbocycles. The first-order valence-electron chi connectivity index (χ1n) is 8.34. The van der Waals surface area contributed by atoms with Crippen molar-refractivity contribution in [2.45, 2.75) is 19.5 Å². The third-order valence-electron chi connectivity index (χ3n) is 4.26. The van der Waals surface area contributed by atoms with Crippen molar-refractivity contribution in [3.8, 4) is 11.3 Å². The number of carbonyl (C=O) groups excluding carboxylic acids is 1. The Hall–Kier alpha value is -3.16. The van der Waals surface area contributed by atoms with Crippen LogP contribution in [-0.4, -0.2) is 15.7 Å². The van der Waals surface area contributed by atoms with Crippen molar-refractivity contribution in [1.82, 2.24) is 9.78 Å². The van der Waals surface area contributed by atoms with Crippen LogP contribution in [-0.2, 0) is 19.6 Å². The molecular weight excluding hydrogens is 374 g/mol. The van der Waals surface area contributed by atoms with Crippen LogP contribution in [0.5, 0.6) is 0 Å². The maximum Gasteiger partial charge on any atom is 0.416 e. The molecule has 1 aromatic heterocycles. The normalized spacial score (nSPS) is 11.6. The van der Waals surface area contributed by atoms with E-state index in [1.807, 2.05) is 13.0 Å². The first-order chi connectivity index (χ1) is 13.0. The number of nitrogens with two attached hydrogens (primary N) is 1. The lowest BCUT2D eigenvalue weighted by Gasteiger charge is -2.08. The summed E-state index contributed by atoms with van der Waals surface area (Å²) in [6.45, 7) is 1.82. The van der Waals surface area contributed by atoms with Crippen LogP contribution in [0.4, 0.5) is 17.6 Å². The highest BCUT2D eigenvalue weighted by Crippen LogP contribution is 2.31. The summed E-state index contributed by atoms with van der Waals surface area (Å²) in [6.07, 6.45) is -4.60. The fourth-order valence-corrected chi connectivity index (χ4v) is 3.08. The molecule has 0 bridgehead atoms. The second-order valence-electron chi connectivity index (χ2n) is 6.62. The zero-order chi connectivity index (χ0) is 20.6. The summed E-state index contributed by atoms with van der Waals surface area (Å²) in [5.74, 6) is -1.52. The number of hydrogen-bond acceptors (Lipinski definition) is 2. The molecule has 8 heteroatoms. The molecular formula is C20H17F4N3O. The van der Waals surface area contributed by atoms with Gasteiger partial charge in [0.1, 0.15) is 5.82 Å². The lowest BCUT2D eigenvalue weighted by Crippen LogP contribution is -2.11. The SMILES string of the molecule is Cc1cc(C(N)=O)cc(-c2cc(Cc3cc(F)cc(C(F)(F)F)c3)nn2C)c1. The summed E-state index contributed by atoms with van der Waals surface area (Å²) < 4.78 is 53.8. The third-order valence-corrected chi connectivity index (χ3v) is 4.26. The summed E-state index contributed by atoms with van der Waals surface area (Å²) in [5.41, 5.74) is 7.48. The van der Waals surface area contributed by atoms with Gasteiger partial charge in [0.2, 0.25) is 5.91 Å². The molecule has 0 saturated heterocycles. The lowest BCUT2D eigenvalue weighted by atomic mass is 10.0. The molecule has 0 fully saturated rings.